The van der Waals surface area contributed by atoms with Crippen molar-refractivity contribution in [1.29, 1.82) is 0 Å². The summed E-state index contributed by atoms with van der Waals surface area (Å²) in [5.74, 6) is -27.3. The second kappa shape index (κ2) is 6.98. The van der Waals surface area contributed by atoms with Crippen molar-refractivity contribution in [2.75, 3.05) is 6.61 Å². The molecule has 1 nitrogen and oxygen atoms in total. The van der Waals surface area contributed by atoms with Gasteiger partial charge in [-0.2, -0.15) is 48.3 Å². The summed E-state index contributed by atoms with van der Waals surface area (Å²) in [5.41, 5.74) is 0. The fraction of sp³-hybridized carbons (Fsp3) is 1.00. The molecule has 0 spiro atoms. The van der Waals surface area contributed by atoms with Gasteiger partial charge in [0.2, 0.25) is 0 Å². The highest BCUT2D eigenvalue weighted by atomic mass is 19.4. The molecule has 0 fully saturated rings. The van der Waals surface area contributed by atoms with E-state index in [1.54, 1.807) is 0 Å². The molecule has 0 rings (SSSR count). The summed E-state index contributed by atoms with van der Waals surface area (Å²) < 4.78 is 139. The van der Waals surface area contributed by atoms with Gasteiger partial charge in [0.05, 0.1) is 0 Å². The minimum atomic E-state index is -7.33. The molecule has 0 radical (unpaired) electrons. The summed E-state index contributed by atoms with van der Waals surface area (Å²) in [5, 5.41) is 8.37. The van der Waals surface area contributed by atoms with Crippen LogP contribution >= 0.6 is 0 Å². The van der Waals surface area contributed by atoms with Crippen LogP contribution in [0.15, 0.2) is 0 Å². The molecule has 23 heavy (non-hydrogen) atoms. The zero-order chi connectivity index (χ0) is 18.7. The smallest absolute Gasteiger partial charge is 0.396 e. The van der Waals surface area contributed by atoms with Crippen LogP contribution in [0.25, 0.3) is 0 Å². The molecular weight excluding hydrogens is 357 g/mol. The van der Waals surface area contributed by atoms with Gasteiger partial charge in [-0.3, -0.25) is 0 Å². The molecule has 0 unspecified atom stereocenters. The van der Waals surface area contributed by atoms with E-state index in [-0.39, 0.29) is 25.9 Å². The summed E-state index contributed by atoms with van der Waals surface area (Å²) in [6, 6.07) is 0. The molecule has 0 amide bonds. The van der Waals surface area contributed by atoms with Crippen LogP contribution < -0.4 is 0 Å². The predicted molar refractivity (Wildman–Crippen MR) is 56.0 cm³/mol. The zero-order valence-corrected chi connectivity index (χ0v) is 11.3. The number of halogens is 11. The van der Waals surface area contributed by atoms with Crippen molar-refractivity contribution < 1.29 is 53.4 Å². The van der Waals surface area contributed by atoms with E-state index < -0.39 is 42.7 Å². The van der Waals surface area contributed by atoms with Gasteiger partial charge in [0.1, 0.15) is 0 Å². The summed E-state index contributed by atoms with van der Waals surface area (Å²) in [6.45, 7) is -0.345. The van der Waals surface area contributed by atoms with E-state index in [9.17, 15) is 48.3 Å². The third kappa shape index (κ3) is 4.18. The van der Waals surface area contributed by atoms with E-state index >= 15 is 0 Å². The summed E-state index contributed by atoms with van der Waals surface area (Å²) in [7, 11) is 0. The number of hydrogen-bond donors (Lipinski definition) is 1. The second-order valence-corrected chi connectivity index (χ2v) is 4.81. The lowest BCUT2D eigenvalue weighted by Gasteiger charge is -2.37. The van der Waals surface area contributed by atoms with Gasteiger partial charge in [-0.05, 0) is 12.8 Å². The molecule has 0 aromatic rings. The molecule has 0 aliphatic rings. The van der Waals surface area contributed by atoms with E-state index in [2.05, 4.69) is 0 Å². The molecule has 0 atom stereocenters. The van der Waals surface area contributed by atoms with Gasteiger partial charge in [-0.1, -0.05) is 12.8 Å². The maximum absolute atomic E-state index is 13.1. The Morgan fingerprint density at radius 1 is 0.522 bits per heavy atom. The molecule has 0 aliphatic carbocycles. The maximum atomic E-state index is 13.1. The Morgan fingerprint density at radius 3 is 1.35 bits per heavy atom. The topological polar surface area (TPSA) is 20.2 Å². The monoisotopic (exact) mass is 370 g/mol. The Morgan fingerprint density at radius 2 is 0.957 bits per heavy atom. The lowest BCUT2D eigenvalue weighted by molar-refractivity contribution is -0.422. The highest BCUT2D eigenvalue weighted by molar-refractivity contribution is 5.06. The SMILES string of the molecule is OCCCCCCC(F)(F)C(F)(F)C(F)(F)C(F)(F)C(F)(F)F. The van der Waals surface area contributed by atoms with E-state index in [0.29, 0.717) is 0 Å². The third-order valence-electron chi connectivity index (χ3n) is 3.00. The lowest BCUT2D eigenvalue weighted by Crippen LogP contribution is -2.66. The van der Waals surface area contributed by atoms with E-state index in [4.69, 9.17) is 5.11 Å². The molecule has 140 valence electrons. The second-order valence-electron chi connectivity index (χ2n) is 4.81. The minimum Gasteiger partial charge on any atom is -0.396 e. The third-order valence-corrected chi connectivity index (χ3v) is 3.00. The van der Waals surface area contributed by atoms with Gasteiger partial charge in [0.25, 0.3) is 0 Å². The number of aliphatic hydroxyl groups is 1. The number of hydrogen-bond acceptors (Lipinski definition) is 1. The average Bonchev–Trinajstić information content (AvgIpc) is 2.36. The van der Waals surface area contributed by atoms with E-state index in [1.807, 2.05) is 0 Å². The molecule has 0 aromatic carbocycles. The van der Waals surface area contributed by atoms with Crippen molar-refractivity contribution in [3.63, 3.8) is 0 Å². The first kappa shape index (κ1) is 22.2. The van der Waals surface area contributed by atoms with E-state index in [1.165, 1.54) is 0 Å². The Balaban J connectivity index is 5.26. The van der Waals surface area contributed by atoms with Crippen LogP contribution in [0.1, 0.15) is 32.1 Å². The van der Waals surface area contributed by atoms with Crippen LogP contribution in [-0.4, -0.2) is 41.6 Å². The number of rotatable bonds is 9. The minimum absolute atomic E-state index is 0.0628. The Hall–Kier alpha value is -0.810. The van der Waals surface area contributed by atoms with Crippen LogP contribution in [-0.2, 0) is 0 Å². The number of aliphatic hydroxyl groups excluding tert-OH is 1. The molecule has 0 aliphatic heterocycles. The van der Waals surface area contributed by atoms with Crippen molar-refractivity contribution >= 4 is 0 Å². The molecule has 0 saturated carbocycles. The van der Waals surface area contributed by atoms with E-state index in [0.717, 1.165) is 0 Å². The maximum Gasteiger partial charge on any atom is 0.460 e. The molecule has 0 aromatic heterocycles. The van der Waals surface area contributed by atoms with Crippen molar-refractivity contribution in [2.24, 2.45) is 0 Å². The fourth-order valence-electron chi connectivity index (χ4n) is 1.57. The summed E-state index contributed by atoms with van der Waals surface area (Å²) in [6.07, 6.45) is -10.0. The van der Waals surface area contributed by atoms with Gasteiger partial charge in [-0.25, -0.2) is 0 Å². The largest absolute Gasteiger partial charge is 0.460 e. The van der Waals surface area contributed by atoms with Crippen LogP contribution in [0.3, 0.4) is 0 Å². The first-order valence-corrected chi connectivity index (χ1v) is 6.25. The number of unbranched alkanes of at least 4 members (excludes halogenated alkanes) is 3. The van der Waals surface area contributed by atoms with Crippen LogP contribution in [0.5, 0.6) is 0 Å². The summed E-state index contributed by atoms with van der Waals surface area (Å²) in [4.78, 5) is 0. The quantitative estimate of drug-likeness (QED) is 0.446. The van der Waals surface area contributed by atoms with Gasteiger partial charge in [0.15, 0.2) is 0 Å². The van der Waals surface area contributed by atoms with Gasteiger partial charge in [0, 0.05) is 13.0 Å². The Labute approximate surface area is 123 Å². The van der Waals surface area contributed by atoms with Crippen molar-refractivity contribution in [2.45, 2.75) is 62.0 Å². The molecular formula is C11H13F11O. The lowest BCUT2D eigenvalue weighted by atomic mass is 9.94. The average molecular weight is 370 g/mol. The normalized spacial score (nSPS) is 15.1. The van der Waals surface area contributed by atoms with Crippen LogP contribution in [0.2, 0.25) is 0 Å². The molecule has 0 saturated heterocycles. The Bertz CT molecular complexity index is 375. The molecule has 1 N–H and O–H groups in total. The number of alkyl halides is 11. The van der Waals surface area contributed by atoms with Crippen molar-refractivity contribution in [3.8, 4) is 0 Å². The fourth-order valence-corrected chi connectivity index (χ4v) is 1.57. The highest BCUT2D eigenvalue weighted by Gasteiger charge is 2.86. The molecule has 0 heterocycles. The summed E-state index contributed by atoms with van der Waals surface area (Å²) >= 11 is 0. The van der Waals surface area contributed by atoms with Crippen LogP contribution in [0.4, 0.5) is 48.3 Å². The van der Waals surface area contributed by atoms with Crippen molar-refractivity contribution in [3.05, 3.63) is 0 Å². The van der Waals surface area contributed by atoms with Crippen molar-refractivity contribution in [1.82, 2.24) is 0 Å². The zero-order valence-electron chi connectivity index (χ0n) is 11.3. The predicted octanol–water partition coefficient (Wildman–Crippen LogP) is 5.03. The van der Waals surface area contributed by atoms with Gasteiger partial charge >= 0.3 is 29.9 Å². The molecule has 12 heteroatoms. The van der Waals surface area contributed by atoms with Gasteiger partial charge in [-0.15, -0.1) is 0 Å². The molecule has 0 bridgehead atoms. The van der Waals surface area contributed by atoms with Crippen LogP contribution in [0, 0.1) is 0 Å². The first-order valence-electron chi connectivity index (χ1n) is 6.25. The highest BCUT2D eigenvalue weighted by Crippen LogP contribution is 2.58. The standard InChI is InChI=1S/C11H13F11O/c12-7(13,5-3-1-2-4-6-23)8(14,15)9(16,17)10(18,19)11(20,21)22/h23H,1-6H2. The first-order chi connectivity index (χ1) is 10.1. The Kier molecular flexibility index (Phi) is 6.73. The van der Waals surface area contributed by atoms with Gasteiger partial charge < -0.3 is 5.11 Å².